The number of H-pyrrole nitrogens is 1. The summed E-state index contributed by atoms with van der Waals surface area (Å²) in [5, 5.41) is 10.1. The molecule has 11 heavy (non-hydrogen) atoms. The van der Waals surface area contributed by atoms with E-state index in [2.05, 4.69) is 27.8 Å². The molecule has 0 aromatic carbocycles. The smallest absolute Gasteiger partial charge is 0.191 e. The summed E-state index contributed by atoms with van der Waals surface area (Å²) in [7, 11) is 0. The number of hydrogen-bond donors (Lipinski definition) is 2. The SMILES string of the molecule is CCc1c(CBr)[nH]c(O)c1C. The van der Waals surface area contributed by atoms with Crippen molar-refractivity contribution in [3.05, 3.63) is 16.8 Å². The average molecular weight is 218 g/mol. The highest BCUT2D eigenvalue weighted by Gasteiger charge is 2.09. The zero-order chi connectivity index (χ0) is 8.43. The topological polar surface area (TPSA) is 36.0 Å². The van der Waals surface area contributed by atoms with Crippen molar-refractivity contribution in [1.29, 1.82) is 0 Å². The Bertz CT molecular complexity index is 255. The van der Waals surface area contributed by atoms with Gasteiger partial charge in [-0.2, -0.15) is 0 Å². The van der Waals surface area contributed by atoms with Gasteiger partial charge in [0.15, 0.2) is 5.88 Å². The van der Waals surface area contributed by atoms with Gasteiger partial charge in [0, 0.05) is 16.6 Å². The summed E-state index contributed by atoms with van der Waals surface area (Å²) in [5.41, 5.74) is 3.28. The lowest BCUT2D eigenvalue weighted by Gasteiger charge is -1.96. The zero-order valence-corrected chi connectivity index (χ0v) is 8.33. The Balaban J connectivity index is 3.15. The van der Waals surface area contributed by atoms with Crippen LogP contribution in [0.4, 0.5) is 0 Å². The van der Waals surface area contributed by atoms with Crippen LogP contribution in [0.25, 0.3) is 0 Å². The third-order valence-corrected chi connectivity index (χ3v) is 2.49. The van der Waals surface area contributed by atoms with Crippen LogP contribution in [0.2, 0.25) is 0 Å². The Kier molecular flexibility index (Phi) is 2.60. The number of halogens is 1. The largest absolute Gasteiger partial charge is 0.494 e. The lowest BCUT2D eigenvalue weighted by molar-refractivity contribution is 0.452. The molecule has 0 amide bonds. The van der Waals surface area contributed by atoms with Crippen LogP contribution >= 0.6 is 15.9 Å². The normalized spacial score (nSPS) is 10.5. The molecule has 0 atom stereocenters. The van der Waals surface area contributed by atoms with Gasteiger partial charge in [0.25, 0.3) is 0 Å². The molecule has 2 N–H and O–H groups in total. The summed E-state index contributed by atoms with van der Waals surface area (Å²) < 4.78 is 0. The molecule has 62 valence electrons. The van der Waals surface area contributed by atoms with E-state index in [1.165, 1.54) is 5.56 Å². The van der Waals surface area contributed by atoms with Gasteiger partial charge < -0.3 is 10.1 Å². The van der Waals surface area contributed by atoms with Gasteiger partial charge in [-0.1, -0.05) is 22.9 Å². The van der Waals surface area contributed by atoms with Crippen molar-refractivity contribution in [2.24, 2.45) is 0 Å². The van der Waals surface area contributed by atoms with E-state index in [1.54, 1.807) is 0 Å². The first-order chi connectivity index (χ1) is 5.20. The first-order valence-corrected chi connectivity index (χ1v) is 4.78. The minimum atomic E-state index is 0.302. The summed E-state index contributed by atoms with van der Waals surface area (Å²) >= 11 is 3.35. The number of rotatable bonds is 2. The molecule has 0 aliphatic rings. The molecule has 0 spiro atoms. The molecule has 0 radical (unpaired) electrons. The fourth-order valence-electron chi connectivity index (χ4n) is 1.27. The van der Waals surface area contributed by atoms with Crippen LogP contribution < -0.4 is 0 Å². The molecule has 1 rings (SSSR count). The predicted molar refractivity (Wildman–Crippen MR) is 49.2 cm³/mol. The van der Waals surface area contributed by atoms with Gasteiger partial charge in [0.05, 0.1) is 0 Å². The van der Waals surface area contributed by atoms with Gasteiger partial charge in [0.2, 0.25) is 0 Å². The predicted octanol–water partition coefficient (Wildman–Crippen LogP) is 2.49. The summed E-state index contributed by atoms with van der Waals surface area (Å²) in [4.78, 5) is 2.92. The van der Waals surface area contributed by atoms with E-state index in [9.17, 15) is 5.11 Å². The lowest BCUT2D eigenvalue weighted by atomic mass is 10.1. The number of hydrogen-bond acceptors (Lipinski definition) is 1. The molecule has 0 saturated heterocycles. The molecule has 0 unspecified atom stereocenters. The van der Waals surface area contributed by atoms with Gasteiger partial charge >= 0.3 is 0 Å². The van der Waals surface area contributed by atoms with Crippen LogP contribution in [0.3, 0.4) is 0 Å². The number of aromatic amines is 1. The van der Waals surface area contributed by atoms with Crippen LogP contribution in [0.1, 0.15) is 23.7 Å². The van der Waals surface area contributed by atoms with Crippen LogP contribution in [-0.2, 0) is 11.8 Å². The molecule has 0 aliphatic heterocycles. The Hall–Kier alpha value is -0.440. The number of nitrogens with one attached hydrogen (secondary N) is 1. The molecule has 3 heteroatoms. The van der Waals surface area contributed by atoms with Gasteiger partial charge in [0.1, 0.15) is 0 Å². The molecule has 1 aromatic rings. The maximum atomic E-state index is 9.31. The fraction of sp³-hybridized carbons (Fsp3) is 0.500. The quantitative estimate of drug-likeness (QED) is 0.735. The van der Waals surface area contributed by atoms with Crippen molar-refractivity contribution < 1.29 is 5.11 Å². The van der Waals surface area contributed by atoms with E-state index in [0.717, 1.165) is 23.0 Å². The molecule has 1 aromatic heterocycles. The van der Waals surface area contributed by atoms with E-state index in [-0.39, 0.29) is 0 Å². The Morgan fingerprint density at radius 3 is 2.55 bits per heavy atom. The van der Waals surface area contributed by atoms with E-state index in [4.69, 9.17) is 0 Å². The van der Waals surface area contributed by atoms with Crippen molar-refractivity contribution in [1.82, 2.24) is 4.98 Å². The minimum absolute atomic E-state index is 0.302. The minimum Gasteiger partial charge on any atom is -0.494 e. The second kappa shape index (κ2) is 3.30. The van der Waals surface area contributed by atoms with Gasteiger partial charge in [-0.15, -0.1) is 0 Å². The molecular weight excluding hydrogens is 206 g/mol. The Morgan fingerprint density at radius 2 is 2.18 bits per heavy atom. The van der Waals surface area contributed by atoms with Crippen LogP contribution in [0.5, 0.6) is 5.88 Å². The van der Waals surface area contributed by atoms with Crippen LogP contribution in [-0.4, -0.2) is 10.1 Å². The molecule has 0 bridgehead atoms. The van der Waals surface area contributed by atoms with Gasteiger partial charge in [-0.3, -0.25) is 0 Å². The number of alkyl halides is 1. The van der Waals surface area contributed by atoms with Crippen LogP contribution in [0.15, 0.2) is 0 Å². The van der Waals surface area contributed by atoms with Crippen molar-refractivity contribution in [2.75, 3.05) is 0 Å². The summed E-state index contributed by atoms with van der Waals surface area (Å²) in [5.74, 6) is 0.302. The molecule has 0 aliphatic carbocycles. The van der Waals surface area contributed by atoms with E-state index in [1.807, 2.05) is 6.92 Å². The molecule has 0 fully saturated rings. The Morgan fingerprint density at radius 1 is 1.55 bits per heavy atom. The molecule has 1 heterocycles. The Labute approximate surface area is 74.8 Å². The van der Waals surface area contributed by atoms with Crippen molar-refractivity contribution in [2.45, 2.75) is 25.6 Å². The molecular formula is C8H12BrNO. The zero-order valence-electron chi connectivity index (χ0n) is 6.74. The van der Waals surface area contributed by atoms with Crippen LogP contribution in [0, 0.1) is 6.92 Å². The maximum absolute atomic E-state index is 9.31. The van der Waals surface area contributed by atoms with Crippen molar-refractivity contribution in [3.63, 3.8) is 0 Å². The summed E-state index contributed by atoms with van der Waals surface area (Å²) in [6.45, 7) is 4.01. The molecule has 2 nitrogen and oxygen atoms in total. The number of aromatic hydroxyl groups is 1. The van der Waals surface area contributed by atoms with E-state index >= 15 is 0 Å². The molecule has 0 saturated carbocycles. The summed E-state index contributed by atoms with van der Waals surface area (Å²) in [6.07, 6.45) is 0.962. The fourth-order valence-corrected chi connectivity index (χ4v) is 1.75. The maximum Gasteiger partial charge on any atom is 0.191 e. The summed E-state index contributed by atoms with van der Waals surface area (Å²) in [6, 6.07) is 0. The average Bonchev–Trinajstić information content (AvgIpc) is 2.28. The third-order valence-electron chi connectivity index (χ3n) is 1.93. The number of aromatic nitrogens is 1. The third kappa shape index (κ3) is 1.43. The first kappa shape index (κ1) is 8.65. The van der Waals surface area contributed by atoms with Crippen molar-refractivity contribution in [3.8, 4) is 5.88 Å². The highest BCUT2D eigenvalue weighted by atomic mass is 79.9. The second-order valence-corrected chi connectivity index (χ2v) is 3.10. The van der Waals surface area contributed by atoms with E-state index in [0.29, 0.717) is 5.88 Å². The second-order valence-electron chi connectivity index (χ2n) is 2.54. The van der Waals surface area contributed by atoms with Gasteiger partial charge in [-0.05, 0) is 18.9 Å². The van der Waals surface area contributed by atoms with E-state index < -0.39 is 0 Å². The lowest BCUT2D eigenvalue weighted by Crippen LogP contribution is -1.86. The van der Waals surface area contributed by atoms with Crippen molar-refractivity contribution >= 4 is 15.9 Å². The highest BCUT2D eigenvalue weighted by Crippen LogP contribution is 2.24. The first-order valence-electron chi connectivity index (χ1n) is 3.66. The standard InChI is InChI=1S/C8H12BrNO/c1-3-6-5(2)8(11)10-7(6)4-9/h10-11H,3-4H2,1-2H3. The van der Waals surface area contributed by atoms with Gasteiger partial charge in [-0.25, -0.2) is 0 Å². The highest BCUT2D eigenvalue weighted by molar-refractivity contribution is 9.08. The monoisotopic (exact) mass is 217 g/mol.